The number of hydrogen-bond acceptors (Lipinski definition) is 4. The molecule has 1 atom stereocenters. The van der Waals surface area contributed by atoms with Crippen LogP contribution in [0.1, 0.15) is 29.8 Å². The average molecular weight is 397 g/mol. The lowest BCUT2D eigenvalue weighted by Gasteiger charge is -2.16. The Morgan fingerprint density at radius 2 is 1.72 bits per heavy atom. The third kappa shape index (κ3) is 4.57. The molecule has 0 spiro atoms. The van der Waals surface area contributed by atoms with Crippen molar-refractivity contribution in [2.75, 3.05) is 10.6 Å². The van der Waals surface area contributed by atoms with Gasteiger partial charge in [0, 0.05) is 21.9 Å². The van der Waals surface area contributed by atoms with Crippen LogP contribution in [0.2, 0.25) is 0 Å². The number of nitrogens with one attached hydrogen (secondary N) is 2. The molecule has 2 N–H and O–H groups in total. The van der Waals surface area contributed by atoms with Gasteiger partial charge in [-0.2, -0.15) is 4.98 Å². The van der Waals surface area contributed by atoms with Gasteiger partial charge in [0.15, 0.2) is 0 Å². The smallest absolute Gasteiger partial charge is 0.225 e. The zero-order valence-electron chi connectivity index (χ0n) is 14.5. The molecule has 2 aromatic carbocycles. The van der Waals surface area contributed by atoms with Crippen LogP contribution in [-0.4, -0.2) is 9.97 Å². The van der Waals surface area contributed by atoms with Crippen LogP contribution in [0.25, 0.3) is 0 Å². The third-order valence-corrected chi connectivity index (χ3v) is 4.80. The Hall–Kier alpha value is -2.40. The number of halogens is 1. The molecular weight excluding hydrogens is 376 g/mol. The van der Waals surface area contributed by atoms with Gasteiger partial charge >= 0.3 is 0 Å². The summed E-state index contributed by atoms with van der Waals surface area (Å²) in [7, 11) is 0. The molecule has 0 aliphatic rings. The monoisotopic (exact) mass is 396 g/mol. The fourth-order valence-electron chi connectivity index (χ4n) is 2.53. The number of hydrogen-bond donors (Lipinski definition) is 2. The molecule has 3 rings (SSSR count). The van der Waals surface area contributed by atoms with Crippen molar-refractivity contribution in [2.24, 2.45) is 0 Å². The van der Waals surface area contributed by atoms with Gasteiger partial charge in [0.05, 0.1) is 6.04 Å². The van der Waals surface area contributed by atoms with Crippen molar-refractivity contribution in [1.82, 2.24) is 9.97 Å². The molecule has 0 bridgehead atoms. The summed E-state index contributed by atoms with van der Waals surface area (Å²) in [5, 5.41) is 6.72. The van der Waals surface area contributed by atoms with Crippen molar-refractivity contribution in [1.29, 1.82) is 0 Å². The first-order valence-corrected chi connectivity index (χ1v) is 9.01. The first kappa shape index (κ1) is 17.4. The van der Waals surface area contributed by atoms with E-state index in [1.54, 1.807) is 0 Å². The Labute approximate surface area is 156 Å². The predicted octanol–water partition coefficient (Wildman–Crippen LogP) is 5.77. The lowest BCUT2D eigenvalue weighted by Crippen LogP contribution is -2.10. The zero-order chi connectivity index (χ0) is 17.8. The Balaban J connectivity index is 1.79. The molecule has 0 amide bonds. The van der Waals surface area contributed by atoms with Gasteiger partial charge in [-0.1, -0.05) is 52.3 Å². The highest BCUT2D eigenvalue weighted by Gasteiger charge is 2.09. The fourth-order valence-corrected chi connectivity index (χ4v) is 2.91. The fraction of sp³-hybridized carbons (Fsp3) is 0.200. The molecule has 0 aliphatic carbocycles. The third-order valence-electron chi connectivity index (χ3n) is 3.94. The van der Waals surface area contributed by atoms with Crippen molar-refractivity contribution in [2.45, 2.75) is 26.8 Å². The van der Waals surface area contributed by atoms with E-state index in [1.807, 2.05) is 43.3 Å². The van der Waals surface area contributed by atoms with Crippen LogP contribution in [-0.2, 0) is 0 Å². The highest BCUT2D eigenvalue weighted by atomic mass is 79.9. The Morgan fingerprint density at radius 1 is 0.960 bits per heavy atom. The van der Waals surface area contributed by atoms with Crippen LogP contribution in [0.5, 0.6) is 0 Å². The van der Waals surface area contributed by atoms with Gasteiger partial charge in [-0.15, -0.1) is 0 Å². The summed E-state index contributed by atoms with van der Waals surface area (Å²) in [4.78, 5) is 9.10. The SMILES string of the molecule is Cc1cc(Nc2ccc(C)c(Br)c2)nc(NC(C)c2ccccc2)n1. The molecular formula is C20H21BrN4. The van der Waals surface area contributed by atoms with E-state index in [0.717, 1.165) is 21.7 Å². The van der Waals surface area contributed by atoms with Gasteiger partial charge < -0.3 is 10.6 Å². The van der Waals surface area contributed by atoms with Gasteiger partial charge in [-0.05, 0) is 44.0 Å². The summed E-state index contributed by atoms with van der Waals surface area (Å²) in [6, 6.07) is 18.5. The first-order chi connectivity index (χ1) is 12.0. The van der Waals surface area contributed by atoms with Crippen molar-refractivity contribution < 1.29 is 0 Å². The number of aryl methyl sites for hydroxylation is 2. The van der Waals surface area contributed by atoms with Gasteiger partial charge in [0.2, 0.25) is 5.95 Å². The second kappa shape index (κ2) is 7.66. The molecule has 1 heterocycles. The van der Waals surface area contributed by atoms with Crippen molar-refractivity contribution in [3.8, 4) is 0 Å². The standard InChI is InChI=1S/C20H21BrN4/c1-13-9-10-17(12-18(13)21)24-19-11-14(2)22-20(25-19)23-15(3)16-7-5-4-6-8-16/h4-12,15H,1-3H3,(H2,22,23,24,25). The van der Waals surface area contributed by atoms with Crippen LogP contribution in [0.4, 0.5) is 17.5 Å². The van der Waals surface area contributed by atoms with Gasteiger partial charge in [0.1, 0.15) is 5.82 Å². The normalized spacial score (nSPS) is 11.8. The Kier molecular flexibility index (Phi) is 5.34. The van der Waals surface area contributed by atoms with E-state index in [0.29, 0.717) is 5.95 Å². The molecule has 0 saturated heterocycles. The lowest BCUT2D eigenvalue weighted by molar-refractivity contribution is 0.858. The van der Waals surface area contributed by atoms with E-state index in [9.17, 15) is 0 Å². The summed E-state index contributed by atoms with van der Waals surface area (Å²) in [5.74, 6) is 1.39. The molecule has 1 aromatic heterocycles. The maximum atomic E-state index is 4.60. The van der Waals surface area contributed by atoms with Crippen molar-refractivity contribution in [3.05, 3.63) is 75.9 Å². The number of benzene rings is 2. The molecule has 0 aliphatic heterocycles. The zero-order valence-corrected chi connectivity index (χ0v) is 16.1. The summed E-state index contributed by atoms with van der Waals surface area (Å²) in [5.41, 5.74) is 4.29. The minimum Gasteiger partial charge on any atom is -0.348 e. The number of aromatic nitrogens is 2. The average Bonchev–Trinajstić information content (AvgIpc) is 2.58. The van der Waals surface area contributed by atoms with E-state index in [1.165, 1.54) is 11.1 Å². The molecule has 4 nitrogen and oxygen atoms in total. The van der Waals surface area contributed by atoms with E-state index < -0.39 is 0 Å². The molecule has 0 saturated carbocycles. The summed E-state index contributed by atoms with van der Waals surface area (Å²) in [6.45, 7) is 6.14. The van der Waals surface area contributed by atoms with Crippen LogP contribution in [0.15, 0.2) is 59.1 Å². The quantitative estimate of drug-likeness (QED) is 0.574. The van der Waals surface area contributed by atoms with Gasteiger partial charge in [0.25, 0.3) is 0 Å². The second-order valence-electron chi connectivity index (χ2n) is 6.08. The molecule has 0 radical (unpaired) electrons. The maximum absolute atomic E-state index is 4.60. The second-order valence-corrected chi connectivity index (χ2v) is 6.94. The van der Waals surface area contributed by atoms with Gasteiger partial charge in [-0.3, -0.25) is 0 Å². The largest absolute Gasteiger partial charge is 0.348 e. The van der Waals surface area contributed by atoms with Crippen LogP contribution < -0.4 is 10.6 Å². The highest BCUT2D eigenvalue weighted by molar-refractivity contribution is 9.10. The van der Waals surface area contributed by atoms with Crippen LogP contribution in [0, 0.1) is 13.8 Å². The van der Waals surface area contributed by atoms with Crippen molar-refractivity contribution >= 4 is 33.4 Å². The molecule has 25 heavy (non-hydrogen) atoms. The summed E-state index contributed by atoms with van der Waals surface area (Å²) >= 11 is 3.56. The summed E-state index contributed by atoms with van der Waals surface area (Å²) < 4.78 is 1.07. The molecule has 3 aromatic rings. The molecule has 128 valence electrons. The van der Waals surface area contributed by atoms with E-state index >= 15 is 0 Å². The first-order valence-electron chi connectivity index (χ1n) is 8.21. The highest BCUT2D eigenvalue weighted by Crippen LogP contribution is 2.24. The Morgan fingerprint density at radius 3 is 2.44 bits per heavy atom. The van der Waals surface area contributed by atoms with E-state index in [2.05, 4.69) is 68.6 Å². The minimum atomic E-state index is 0.129. The molecule has 5 heteroatoms. The maximum Gasteiger partial charge on any atom is 0.225 e. The number of rotatable bonds is 5. The van der Waals surface area contributed by atoms with Crippen LogP contribution >= 0.6 is 15.9 Å². The Bertz CT molecular complexity index is 865. The predicted molar refractivity (Wildman–Crippen MR) is 107 cm³/mol. The molecule has 0 fully saturated rings. The van der Waals surface area contributed by atoms with Crippen molar-refractivity contribution in [3.63, 3.8) is 0 Å². The molecule has 1 unspecified atom stereocenters. The summed E-state index contributed by atoms with van der Waals surface area (Å²) in [6.07, 6.45) is 0. The number of nitrogens with zero attached hydrogens (tertiary/aromatic N) is 2. The minimum absolute atomic E-state index is 0.129. The lowest BCUT2D eigenvalue weighted by atomic mass is 10.1. The van der Waals surface area contributed by atoms with Gasteiger partial charge in [-0.25, -0.2) is 4.98 Å². The van der Waals surface area contributed by atoms with E-state index in [-0.39, 0.29) is 6.04 Å². The topological polar surface area (TPSA) is 49.8 Å². The van der Waals surface area contributed by atoms with E-state index in [4.69, 9.17) is 0 Å². The van der Waals surface area contributed by atoms with Crippen LogP contribution in [0.3, 0.4) is 0 Å². The number of anilines is 3.